The fourth-order valence-corrected chi connectivity index (χ4v) is 6.48. The van der Waals surface area contributed by atoms with Gasteiger partial charge in [0.1, 0.15) is 0 Å². The molecule has 2 saturated carbocycles. The highest BCUT2D eigenvalue weighted by atomic mass is 16.2. The minimum atomic E-state index is -0.826. The number of quaternary nitrogens is 1. The maximum absolute atomic E-state index is 14.0. The zero-order chi connectivity index (χ0) is 23.3. The standard InChI is InChI=1S/C29H38N2O2/c1-23(32)29(26-16-6-3-7-17-26,27-18-8-4-9-19-27)31(28-20-10-5-11-21-28)30(24(2)33)22-25-14-12-13-15-25/h3,5-7,10-11,16-17,20-21,25,27H,4,8-9,12-15,18-19,22H2,1-2H3/p+1. The van der Waals surface area contributed by atoms with Crippen molar-refractivity contribution >= 4 is 17.4 Å². The molecule has 4 rings (SSSR count). The summed E-state index contributed by atoms with van der Waals surface area (Å²) < 4.78 is 0. The number of amides is 1. The number of benzene rings is 2. The van der Waals surface area contributed by atoms with Crippen LogP contribution in [0.2, 0.25) is 0 Å². The molecular formula is C29H39N2O2+. The van der Waals surface area contributed by atoms with Crippen LogP contribution in [-0.4, -0.2) is 23.2 Å². The van der Waals surface area contributed by atoms with Crippen molar-refractivity contribution in [3.05, 3.63) is 66.2 Å². The number of hydrogen-bond donors (Lipinski definition) is 1. The van der Waals surface area contributed by atoms with E-state index in [1.165, 1.54) is 19.3 Å². The van der Waals surface area contributed by atoms with Gasteiger partial charge in [0.25, 0.3) is 5.91 Å². The Kier molecular flexibility index (Phi) is 7.64. The lowest BCUT2D eigenvalue weighted by molar-refractivity contribution is -0.995. The summed E-state index contributed by atoms with van der Waals surface area (Å²) in [6.45, 7) is 4.13. The van der Waals surface area contributed by atoms with E-state index in [4.69, 9.17) is 0 Å². The van der Waals surface area contributed by atoms with Crippen molar-refractivity contribution in [2.75, 3.05) is 6.54 Å². The van der Waals surface area contributed by atoms with Gasteiger partial charge in [0.15, 0.2) is 11.5 Å². The highest BCUT2D eigenvalue weighted by Gasteiger charge is 2.57. The first-order valence-corrected chi connectivity index (χ1v) is 12.8. The lowest BCUT2D eigenvalue weighted by atomic mass is 9.68. The number of rotatable bonds is 8. The van der Waals surface area contributed by atoms with Crippen LogP contribution in [-0.2, 0) is 15.1 Å². The quantitative estimate of drug-likeness (QED) is 0.564. The smallest absolute Gasteiger partial charge is 0.265 e. The van der Waals surface area contributed by atoms with E-state index in [2.05, 4.69) is 24.3 Å². The summed E-state index contributed by atoms with van der Waals surface area (Å²) in [7, 11) is 0. The van der Waals surface area contributed by atoms with Crippen molar-refractivity contribution in [2.24, 2.45) is 11.8 Å². The molecule has 0 heterocycles. The molecule has 1 amide bonds. The summed E-state index contributed by atoms with van der Waals surface area (Å²) in [4.78, 5) is 27.3. The van der Waals surface area contributed by atoms with Crippen LogP contribution in [0, 0.1) is 11.8 Å². The average molecular weight is 448 g/mol. The number of carbonyl (C=O) groups excluding carboxylic acids is 2. The van der Waals surface area contributed by atoms with Gasteiger partial charge in [0, 0.05) is 37.5 Å². The number of hydrogen-bond acceptors (Lipinski definition) is 2. The Labute approximate surface area is 198 Å². The van der Waals surface area contributed by atoms with Crippen molar-refractivity contribution < 1.29 is 14.6 Å². The van der Waals surface area contributed by atoms with Gasteiger partial charge in [-0.2, -0.15) is 10.0 Å². The molecule has 2 aliphatic rings. The summed E-state index contributed by atoms with van der Waals surface area (Å²) in [5.74, 6) is 0.876. The van der Waals surface area contributed by atoms with Crippen LogP contribution in [0.15, 0.2) is 60.7 Å². The third-order valence-electron chi connectivity index (χ3n) is 7.99. The molecule has 0 spiro atoms. The molecule has 1 N–H and O–H groups in total. The van der Waals surface area contributed by atoms with Crippen LogP contribution in [0.4, 0.5) is 5.69 Å². The van der Waals surface area contributed by atoms with Crippen molar-refractivity contribution in [3.8, 4) is 0 Å². The van der Waals surface area contributed by atoms with E-state index in [9.17, 15) is 9.59 Å². The van der Waals surface area contributed by atoms with Gasteiger partial charge in [0.2, 0.25) is 5.54 Å². The van der Waals surface area contributed by atoms with Crippen molar-refractivity contribution in [1.29, 1.82) is 0 Å². The van der Waals surface area contributed by atoms with Gasteiger partial charge in [-0.3, -0.25) is 9.59 Å². The monoisotopic (exact) mass is 447 g/mol. The second-order valence-electron chi connectivity index (χ2n) is 10.1. The van der Waals surface area contributed by atoms with Gasteiger partial charge in [-0.15, -0.1) is 0 Å². The molecule has 33 heavy (non-hydrogen) atoms. The first kappa shape index (κ1) is 23.7. The summed E-state index contributed by atoms with van der Waals surface area (Å²) in [5.41, 5.74) is 1.20. The molecule has 4 heteroatoms. The molecule has 4 nitrogen and oxygen atoms in total. The van der Waals surface area contributed by atoms with E-state index in [1.807, 2.05) is 41.4 Å². The molecule has 2 unspecified atom stereocenters. The zero-order valence-corrected chi connectivity index (χ0v) is 20.3. The average Bonchev–Trinajstić information content (AvgIpc) is 3.36. The summed E-state index contributed by atoms with van der Waals surface area (Å²) in [6, 6.07) is 20.5. The molecule has 2 atom stereocenters. The van der Waals surface area contributed by atoms with Crippen LogP contribution in [0.5, 0.6) is 0 Å². The lowest BCUT2D eigenvalue weighted by Crippen LogP contribution is -3.23. The third kappa shape index (κ3) is 4.77. The Hall–Kier alpha value is -2.46. The van der Waals surface area contributed by atoms with E-state index in [1.54, 1.807) is 13.8 Å². The molecule has 0 saturated heterocycles. The van der Waals surface area contributed by atoms with Gasteiger partial charge in [-0.05, 0) is 31.6 Å². The number of carbonyl (C=O) groups is 2. The van der Waals surface area contributed by atoms with Gasteiger partial charge in [0.05, 0.1) is 6.54 Å². The van der Waals surface area contributed by atoms with Crippen molar-refractivity contribution in [2.45, 2.75) is 77.2 Å². The summed E-state index contributed by atoms with van der Waals surface area (Å²) in [6.07, 6.45) is 10.3. The Bertz CT molecular complexity index is 917. The fraction of sp³-hybridized carbons (Fsp3) is 0.517. The summed E-state index contributed by atoms with van der Waals surface area (Å²) in [5, 5.41) is 2.90. The Morgan fingerprint density at radius 3 is 1.91 bits per heavy atom. The maximum atomic E-state index is 14.0. The molecule has 0 aromatic heterocycles. The van der Waals surface area contributed by atoms with Gasteiger partial charge >= 0.3 is 0 Å². The topological polar surface area (TPSA) is 41.8 Å². The molecule has 2 aromatic carbocycles. The van der Waals surface area contributed by atoms with E-state index >= 15 is 0 Å². The normalized spacial score (nSPS) is 20.2. The minimum absolute atomic E-state index is 0.0399. The third-order valence-corrected chi connectivity index (χ3v) is 7.99. The number of para-hydroxylation sites is 1. The van der Waals surface area contributed by atoms with Gasteiger partial charge in [-0.25, -0.2) is 0 Å². The summed E-state index contributed by atoms with van der Waals surface area (Å²) >= 11 is 0. The number of nitrogens with one attached hydrogen (secondary N) is 1. The van der Waals surface area contributed by atoms with Crippen LogP contribution in [0.1, 0.15) is 77.2 Å². The minimum Gasteiger partial charge on any atom is -0.292 e. The molecule has 2 aromatic rings. The van der Waals surface area contributed by atoms with E-state index < -0.39 is 5.54 Å². The molecule has 0 radical (unpaired) electrons. The molecule has 2 fully saturated rings. The molecule has 0 bridgehead atoms. The number of ketones is 1. The number of Topliss-reactive ketones (excluding diaryl/α,β-unsaturated/α-hetero) is 1. The highest BCUT2D eigenvalue weighted by Crippen LogP contribution is 2.40. The lowest BCUT2D eigenvalue weighted by Gasteiger charge is -2.48. The van der Waals surface area contributed by atoms with E-state index in [0.29, 0.717) is 12.5 Å². The first-order chi connectivity index (χ1) is 16.0. The second kappa shape index (κ2) is 10.6. The zero-order valence-electron chi connectivity index (χ0n) is 20.3. The number of nitrogens with zero attached hydrogens (tertiary/aromatic N) is 1. The van der Waals surface area contributed by atoms with Crippen molar-refractivity contribution in [3.63, 3.8) is 0 Å². The van der Waals surface area contributed by atoms with Crippen molar-refractivity contribution in [1.82, 2.24) is 5.01 Å². The van der Waals surface area contributed by atoms with E-state index in [-0.39, 0.29) is 17.6 Å². The Balaban J connectivity index is 1.94. The predicted molar refractivity (Wildman–Crippen MR) is 132 cm³/mol. The van der Waals surface area contributed by atoms with Crippen LogP contribution in [0.3, 0.4) is 0 Å². The first-order valence-electron chi connectivity index (χ1n) is 12.8. The Morgan fingerprint density at radius 2 is 1.36 bits per heavy atom. The van der Waals surface area contributed by atoms with Crippen LogP contribution < -0.4 is 5.01 Å². The molecule has 2 aliphatic carbocycles. The molecule has 0 aliphatic heterocycles. The SMILES string of the molecule is CC(=O)N(CC1CCCC1)[NH+](c1ccccc1)C(C(C)=O)(c1ccccc1)C1CCCCC1. The fourth-order valence-electron chi connectivity index (χ4n) is 6.48. The van der Waals surface area contributed by atoms with Crippen LogP contribution in [0.25, 0.3) is 0 Å². The van der Waals surface area contributed by atoms with Gasteiger partial charge < -0.3 is 0 Å². The van der Waals surface area contributed by atoms with E-state index in [0.717, 1.165) is 54.8 Å². The molecular weight excluding hydrogens is 408 g/mol. The maximum Gasteiger partial charge on any atom is 0.265 e. The predicted octanol–water partition coefficient (Wildman–Crippen LogP) is 5.22. The second-order valence-corrected chi connectivity index (χ2v) is 10.1. The van der Waals surface area contributed by atoms with Crippen LogP contribution >= 0.6 is 0 Å². The largest absolute Gasteiger partial charge is 0.292 e. The molecule has 176 valence electrons. The van der Waals surface area contributed by atoms with Gasteiger partial charge in [-0.1, -0.05) is 80.6 Å². The Morgan fingerprint density at radius 1 is 0.818 bits per heavy atom. The highest BCUT2D eigenvalue weighted by molar-refractivity contribution is 5.87.